The summed E-state index contributed by atoms with van der Waals surface area (Å²) in [5, 5.41) is 0. The number of amides is 1. The molecule has 154 valence electrons. The maximum absolute atomic E-state index is 11.0. The van der Waals surface area contributed by atoms with E-state index >= 15 is 0 Å². The third-order valence-corrected chi connectivity index (χ3v) is 6.10. The van der Waals surface area contributed by atoms with Crippen LogP contribution >= 0.6 is 0 Å². The van der Waals surface area contributed by atoms with Gasteiger partial charge in [0.15, 0.2) is 0 Å². The lowest BCUT2D eigenvalue weighted by Gasteiger charge is -2.38. The fourth-order valence-corrected chi connectivity index (χ4v) is 4.12. The number of carbonyl (C=O) groups excluding carboxylic acids is 1. The van der Waals surface area contributed by atoms with Crippen LogP contribution in [-0.4, -0.2) is 73.6 Å². The molecule has 0 saturated carbocycles. The van der Waals surface area contributed by atoms with E-state index in [1.807, 2.05) is 6.92 Å². The van der Waals surface area contributed by atoms with E-state index in [1.165, 1.54) is 16.8 Å². The smallest absolute Gasteiger partial charge is 0.227 e. The van der Waals surface area contributed by atoms with Crippen molar-refractivity contribution in [2.75, 3.05) is 67.1 Å². The van der Waals surface area contributed by atoms with Crippen LogP contribution < -0.4 is 14.7 Å². The Balaban J connectivity index is 1.45. The molecule has 0 atom stereocenters. The number of benzene rings is 1. The quantitative estimate of drug-likeness (QED) is 0.740. The molecule has 29 heavy (non-hydrogen) atoms. The summed E-state index contributed by atoms with van der Waals surface area (Å²) in [6.07, 6.45) is 0.926. The predicted molar refractivity (Wildman–Crippen MR) is 117 cm³/mol. The fraction of sp³-hybridized carbons (Fsp3) is 0.500. The van der Waals surface area contributed by atoms with E-state index < -0.39 is 0 Å². The molecule has 2 aliphatic heterocycles. The van der Waals surface area contributed by atoms with Crippen molar-refractivity contribution in [2.45, 2.75) is 20.8 Å². The number of hydrogen-bond acceptors (Lipinski definition) is 6. The van der Waals surface area contributed by atoms with Crippen molar-refractivity contribution in [2.24, 2.45) is 0 Å². The van der Waals surface area contributed by atoms with Crippen LogP contribution in [0.2, 0.25) is 0 Å². The van der Waals surface area contributed by atoms with E-state index in [0.29, 0.717) is 0 Å². The molecule has 0 N–H and O–H groups in total. The molecule has 3 heterocycles. The molecule has 0 spiro atoms. The van der Waals surface area contributed by atoms with Gasteiger partial charge in [-0.15, -0.1) is 0 Å². The number of aromatic nitrogens is 2. The first kappa shape index (κ1) is 19.5. The first-order chi connectivity index (χ1) is 14.0. The van der Waals surface area contributed by atoms with Gasteiger partial charge in [0.1, 0.15) is 5.82 Å². The maximum atomic E-state index is 11.0. The first-order valence-corrected chi connectivity index (χ1v) is 10.4. The maximum Gasteiger partial charge on any atom is 0.227 e. The lowest BCUT2D eigenvalue weighted by Crippen LogP contribution is -2.48. The SMILES string of the molecule is Cc1cc(N2CCN(c3cccc(C)c3C)CC2)nc(N2CCN(C=O)CC2)n1. The highest BCUT2D eigenvalue weighted by molar-refractivity contribution is 5.57. The average Bonchev–Trinajstić information content (AvgIpc) is 2.75. The monoisotopic (exact) mass is 394 g/mol. The Labute approximate surface area is 172 Å². The Hall–Kier alpha value is -2.83. The van der Waals surface area contributed by atoms with Crippen LogP contribution in [0.5, 0.6) is 0 Å². The highest BCUT2D eigenvalue weighted by Crippen LogP contribution is 2.26. The summed E-state index contributed by atoms with van der Waals surface area (Å²) in [5.41, 5.74) is 5.04. The Kier molecular flexibility index (Phi) is 5.56. The molecule has 1 aromatic carbocycles. The van der Waals surface area contributed by atoms with Gasteiger partial charge in [-0.25, -0.2) is 4.98 Å². The predicted octanol–water partition coefficient (Wildman–Crippen LogP) is 2.01. The number of aryl methyl sites for hydroxylation is 2. The minimum atomic E-state index is 0.727. The molecule has 0 aliphatic carbocycles. The second-order valence-electron chi connectivity index (χ2n) is 7.99. The number of rotatable bonds is 4. The topological polar surface area (TPSA) is 55.8 Å². The Bertz CT molecular complexity index is 870. The number of anilines is 3. The largest absolute Gasteiger partial charge is 0.368 e. The molecule has 2 fully saturated rings. The summed E-state index contributed by atoms with van der Waals surface area (Å²) in [4.78, 5) is 29.3. The van der Waals surface area contributed by atoms with Crippen molar-refractivity contribution < 1.29 is 4.79 Å². The lowest BCUT2D eigenvalue weighted by atomic mass is 10.1. The van der Waals surface area contributed by atoms with Gasteiger partial charge in [-0.05, 0) is 38.0 Å². The van der Waals surface area contributed by atoms with E-state index in [1.54, 1.807) is 4.90 Å². The highest BCUT2D eigenvalue weighted by atomic mass is 16.1. The molecular formula is C22H30N6O. The third kappa shape index (κ3) is 4.13. The first-order valence-electron chi connectivity index (χ1n) is 10.4. The lowest BCUT2D eigenvalue weighted by molar-refractivity contribution is -0.118. The summed E-state index contributed by atoms with van der Waals surface area (Å²) in [6.45, 7) is 13.3. The fourth-order valence-electron chi connectivity index (χ4n) is 4.12. The van der Waals surface area contributed by atoms with Crippen molar-refractivity contribution in [1.29, 1.82) is 0 Å². The van der Waals surface area contributed by atoms with Crippen molar-refractivity contribution in [1.82, 2.24) is 14.9 Å². The second-order valence-corrected chi connectivity index (χ2v) is 7.99. The average molecular weight is 395 g/mol. The molecule has 1 amide bonds. The Morgan fingerprint density at radius 2 is 1.48 bits per heavy atom. The molecule has 0 unspecified atom stereocenters. The van der Waals surface area contributed by atoms with Crippen LogP contribution in [0.1, 0.15) is 16.8 Å². The normalized spacial score (nSPS) is 17.6. The van der Waals surface area contributed by atoms with E-state index in [9.17, 15) is 4.79 Å². The molecule has 2 saturated heterocycles. The molecule has 2 aromatic rings. The van der Waals surface area contributed by atoms with Gasteiger partial charge in [0.25, 0.3) is 0 Å². The molecule has 7 nitrogen and oxygen atoms in total. The van der Waals surface area contributed by atoms with Gasteiger partial charge < -0.3 is 19.6 Å². The Morgan fingerprint density at radius 1 is 0.828 bits per heavy atom. The zero-order valence-corrected chi connectivity index (χ0v) is 17.6. The third-order valence-electron chi connectivity index (χ3n) is 6.10. The van der Waals surface area contributed by atoms with Crippen LogP contribution in [-0.2, 0) is 4.79 Å². The minimum Gasteiger partial charge on any atom is -0.368 e. The van der Waals surface area contributed by atoms with Crippen molar-refractivity contribution in [3.8, 4) is 0 Å². The van der Waals surface area contributed by atoms with Crippen LogP contribution in [0.25, 0.3) is 0 Å². The van der Waals surface area contributed by atoms with Crippen molar-refractivity contribution in [3.05, 3.63) is 41.1 Å². The highest BCUT2D eigenvalue weighted by Gasteiger charge is 2.23. The summed E-state index contributed by atoms with van der Waals surface area (Å²) < 4.78 is 0. The number of nitrogens with zero attached hydrogens (tertiary/aromatic N) is 6. The van der Waals surface area contributed by atoms with Crippen molar-refractivity contribution >= 4 is 23.9 Å². The van der Waals surface area contributed by atoms with Gasteiger partial charge in [-0.2, -0.15) is 4.98 Å². The summed E-state index contributed by atoms with van der Waals surface area (Å²) in [6, 6.07) is 8.63. The molecule has 1 aromatic heterocycles. The van der Waals surface area contributed by atoms with Crippen molar-refractivity contribution in [3.63, 3.8) is 0 Å². The Morgan fingerprint density at radius 3 is 2.17 bits per heavy atom. The van der Waals surface area contributed by atoms with Gasteiger partial charge in [-0.3, -0.25) is 4.79 Å². The van der Waals surface area contributed by atoms with Gasteiger partial charge in [0.2, 0.25) is 12.4 Å². The molecule has 0 bridgehead atoms. The van der Waals surface area contributed by atoms with Crippen LogP contribution in [0.3, 0.4) is 0 Å². The summed E-state index contributed by atoms with van der Waals surface area (Å²) in [5.74, 6) is 1.79. The number of piperazine rings is 2. The van der Waals surface area contributed by atoms with E-state index in [-0.39, 0.29) is 0 Å². The van der Waals surface area contributed by atoms with E-state index in [0.717, 1.165) is 76.2 Å². The molecule has 4 rings (SSSR count). The zero-order valence-electron chi connectivity index (χ0n) is 17.6. The molecule has 0 radical (unpaired) electrons. The van der Waals surface area contributed by atoms with E-state index in [2.05, 4.69) is 57.8 Å². The van der Waals surface area contributed by atoms with Gasteiger partial charge in [0.05, 0.1) is 0 Å². The van der Waals surface area contributed by atoms with Gasteiger partial charge >= 0.3 is 0 Å². The standard InChI is InChI=1S/C22H30N6O/c1-17-5-4-6-20(19(17)3)26-11-13-27(14-12-26)21-15-18(2)23-22(24-21)28-9-7-25(16-29)8-10-28/h4-6,15-16H,7-14H2,1-3H3. The van der Waals surface area contributed by atoms with Crippen LogP contribution in [0.4, 0.5) is 17.5 Å². The number of hydrogen-bond donors (Lipinski definition) is 0. The summed E-state index contributed by atoms with van der Waals surface area (Å²) in [7, 11) is 0. The zero-order chi connectivity index (χ0) is 20.4. The van der Waals surface area contributed by atoms with E-state index in [4.69, 9.17) is 4.98 Å². The molecular weight excluding hydrogens is 364 g/mol. The number of carbonyl (C=O) groups is 1. The second kappa shape index (κ2) is 8.27. The van der Waals surface area contributed by atoms with Gasteiger partial charge in [0, 0.05) is 69.8 Å². The van der Waals surface area contributed by atoms with Crippen LogP contribution in [0.15, 0.2) is 24.3 Å². The van der Waals surface area contributed by atoms with Gasteiger partial charge in [-0.1, -0.05) is 12.1 Å². The molecule has 7 heteroatoms. The van der Waals surface area contributed by atoms with Crippen LogP contribution in [0, 0.1) is 20.8 Å². The minimum absolute atomic E-state index is 0.727. The molecule has 2 aliphatic rings. The summed E-state index contributed by atoms with van der Waals surface area (Å²) >= 11 is 0.